The Kier molecular flexibility index (Phi) is 5.38. The molecule has 3 rings (SSSR count). The first-order valence-corrected chi connectivity index (χ1v) is 9.59. The molecule has 1 aromatic rings. The zero-order valence-corrected chi connectivity index (χ0v) is 14.8. The zero-order chi connectivity index (χ0) is 17.1. The average molecular weight is 351 g/mol. The fourth-order valence-electron chi connectivity index (χ4n) is 3.79. The van der Waals surface area contributed by atoms with E-state index in [0.29, 0.717) is 24.0 Å². The lowest BCUT2D eigenvalue weighted by Gasteiger charge is -2.34. The number of hydrogen-bond acceptors (Lipinski definition) is 4. The van der Waals surface area contributed by atoms with Gasteiger partial charge in [0, 0.05) is 24.2 Å². The van der Waals surface area contributed by atoms with Crippen molar-refractivity contribution >= 4 is 28.5 Å². The molecule has 1 aliphatic heterocycles. The number of hydrogen-bond donors (Lipinski definition) is 2. The number of aromatic nitrogens is 1. The smallest absolute Gasteiger partial charge is 0.323 e. The van der Waals surface area contributed by atoms with Crippen molar-refractivity contribution in [1.82, 2.24) is 9.88 Å². The van der Waals surface area contributed by atoms with E-state index in [1.165, 1.54) is 37.0 Å². The zero-order valence-electron chi connectivity index (χ0n) is 14.0. The molecule has 7 heteroatoms. The van der Waals surface area contributed by atoms with Gasteiger partial charge in [-0.05, 0) is 31.1 Å². The van der Waals surface area contributed by atoms with E-state index in [0.717, 1.165) is 0 Å². The minimum atomic E-state index is -0.826. The highest BCUT2D eigenvalue weighted by Crippen LogP contribution is 2.36. The lowest BCUT2D eigenvalue weighted by atomic mass is 9.89. The van der Waals surface area contributed by atoms with Gasteiger partial charge >= 0.3 is 12.0 Å². The molecule has 132 valence electrons. The van der Waals surface area contributed by atoms with Gasteiger partial charge in [-0.15, -0.1) is 11.3 Å². The van der Waals surface area contributed by atoms with E-state index in [1.54, 1.807) is 16.2 Å². The topological polar surface area (TPSA) is 82.5 Å². The van der Waals surface area contributed by atoms with Crippen molar-refractivity contribution in [3.05, 3.63) is 11.1 Å². The quantitative estimate of drug-likeness (QED) is 0.868. The van der Waals surface area contributed by atoms with Crippen molar-refractivity contribution in [2.45, 2.75) is 51.4 Å². The van der Waals surface area contributed by atoms with Crippen LogP contribution in [0.3, 0.4) is 0 Å². The fourth-order valence-corrected chi connectivity index (χ4v) is 4.76. The van der Waals surface area contributed by atoms with Gasteiger partial charge in [0.2, 0.25) is 0 Å². The second-order valence-electron chi connectivity index (χ2n) is 7.11. The summed E-state index contributed by atoms with van der Waals surface area (Å²) in [5, 5.41) is 12.7. The number of piperidine rings is 1. The number of anilines is 1. The van der Waals surface area contributed by atoms with Gasteiger partial charge in [-0.2, -0.15) is 0 Å². The first kappa shape index (κ1) is 17.2. The Morgan fingerprint density at radius 3 is 2.75 bits per heavy atom. The van der Waals surface area contributed by atoms with E-state index in [1.807, 2.05) is 13.1 Å². The number of nitrogens with one attached hydrogen (secondary N) is 1. The van der Waals surface area contributed by atoms with Gasteiger partial charge in [-0.1, -0.05) is 26.2 Å². The number of urea groups is 1. The van der Waals surface area contributed by atoms with E-state index in [2.05, 4.69) is 10.3 Å². The maximum absolute atomic E-state index is 12.5. The lowest BCUT2D eigenvalue weighted by Crippen LogP contribution is -2.47. The van der Waals surface area contributed by atoms with Gasteiger partial charge in [0.05, 0.1) is 5.92 Å². The summed E-state index contributed by atoms with van der Waals surface area (Å²) in [6.07, 6.45) is 8.78. The second-order valence-corrected chi connectivity index (χ2v) is 8.18. The summed E-state index contributed by atoms with van der Waals surface area (Å²) in [7, 11) is 0. The predicted octanol–water partition coefficient (Wildman–Crippen LogP) is 3.77. The molecule has 2 heterocycles. The summed E-state index contributed by atoms with van der Waals surface area (Å²) in [6, 6.07) is -0.239. The van der Waals surface area contributed by atoms with Crippen LogP contribution in [-0.4, -0.2) is 40.1 Å². The summed E-state index contributed by atoms with van der Waals surface area (Å²) in [6.45, 7) is 2.85. The van der Waals surface area contributed by atoms with Crippen molar-refractivity contribution in [2.24, 2.45) is 11.8 Å². The minimum Gasteiger partial charge on any atom is -0.481 e. The van der Waals surface area contributed by atoms with Crippen molar-refractivity contribution in [1.29, 1.82) is 0 Å². The summed E-state index contributed by atoms with van der Waals surface area (Å²) >= 11 is 1.55. The number of aliphatic carboxylic acids is 1. The largest absolute Gasteiger partial charge is 0.481 e. The van der Waals surface area contributed by atoms with Gasteiger partial charge < -0.3 is 10.0 Å². The van der Waals surface area contributed by atoms with Crippen LogP contribution >= 0.6 is 11.3 Å². The number of carbonyl (C=O) groups is 2. The first-order valence-electron chi connectivity index (χ1n) is 8.77. The predicted molar refractivity (Wildman–Crippen MR) is 93.4 cm³/mol. The number of rotatable bonds is 3. The molecule has 1 aliphatic carbocycles. The van der Waals surface area contributed by atoms with Crippen LogP contribution in [0, 0.1) is 11.8 Å². The normalized spacial score (nSPS) is 25.5. The number of carbonyl (C=O) groups excluding carboxylic acids is 1. The van der Waals surface area contributed by atoms with Gasteiger partial charge in [0.15, 0.2) is 5.13 Å². The van der Waals surface area contributed by atoms with Crippen LogP contribution in [0.15, 0.2) is 6.20 Å². The van der Waals surface area contributed by atoms with Gasteiger partial charge in [0.1, 0.15) is 0 Å². The summed E-state index contributed by atoms with van der Waals surface area (Å²) in [5.74, 6) is -0.533. The maximum atomic E-state index is 12.5. The molecule has 0 bridgehead atoms. The fraction of sp³-hybridized carbons (Fsp3) is 0.706. The van der Waals surface area contributed by atoms with E-state index >= 15 is 0 Å². The highest BCUT2D eigenvalue weighted by molar-refractivity contribution is 7.15. The molecule has 6 nitrogen and oxygen atoms in total. The first-order chi connectivity index (χ1) is 11.5. The highest BCUT2D eigenvalue weighted by atomic mass is 32.1. The summed E-state index contributed by atoms with van der Waals surface area (Å²) in [5.41, 5.74) is 0. The van der Waals surface area contributed by atoms with Crippen LogP contribution in [0.4, 0.5) is 9.93 Å². The Morgan fingerprint density at radius 1 is 1.29 bits per heavy atom. The molecule has 2 N–H and O–H groups in total. The highest BCUT2D eigenvalue weighted by Gasteiger charge is 2.32. The molecule has 24 heavy (non-hydrogen) atoms. The molecule has 2 amide bonds. The number of carboxylic acids is 1. The average Bonchev–Trinajstić information content (AvgIpc) is 3.03. The molecular weight excluding hydrogens is 326 g/mol. The molecular formula is C17H25N3O3S. The molecule has 0 aromatic carbocycles. The van der Waals surface area contributed by atoms with Crippen LogP contribution in [0.5, 0.6) is 0 Å². The van der Waals surface area contributed by atoms with E-state index in [4.69, 9.17) is 0 Å². The van der Waals surface area contributed by atoms with Crippen molar-refractivity contribution in [3.63, 3.8) is 0 Å². The SMILES string of the molecule is CC1CC(C(=O)O)CN(C(=O)Nc2ncc(C3CCCCC3)s2)C1. The van der Waals surface area contributed by atoms with Crippen LogP contribution in [0.1, 0.15) is 56.2 Å². The Morgan fingerprint density at radius 2 is 2.04 bits per heavy atom. The molecule has 0 radical (unpaired) electrons. The number of likely N-dealkylation sites (tertiary alicyclic amines) is 1. The third-order valence-corrected chi connectivity index (χ3v) is 6.12. The molecule has 2 unspecified atom stereocenters. The summed E-state index contributed by atoms with van der Waals surface area (Å²) < 4.78 is 0. The van der Waals surface area contributed by atoms with Gasteiger partial charge in [0.25, 0.3) is 0 Å². The lowest BCUT2D eigenvalue weighted by molar-refractivity contribution is -0.143. The number of carboxylic acid groups (broad SMARTS) is 1. The van der Waals surface area contributed by atoms with Crippen LogP contribution in [-0.2, 0) is 4.79 Å². The number of amides is 2. The molecule has 0 spiro atoms. The molecule has 2 atom stereocenters. The van der Waals surface area contributed by atoms with Crippen LogP contribution in [0.2, 0.25) is 0 Å². The Hall–Kier alpha value is -1.63. The Labute approximate surface area is 146 Å². The van der Waals surface area contributed by atoms with E-state index < -0.39 is 11.9 Å². The third-order valence-electron chi connectivity index (χ3n) is 5.04. The minimum absolute atomic E-state index is 0.194. The standard InChI is InChI=1S/C17H25N3O3S/c1-11-7-13(15(21)22)10-20(9-11)17(23)19-16-18-8-14(24-16)12-5-3-2-4-6-12/h8,11-13H,2-7,9-10H2,1H3,(H,21,22)(H,18,19,23). The van der Waals surface area contributed by atoms with E-state index in [9.17, 15) is 14.7 Å². The van der Waals surface area contributed by atoms with Crippen molar-refractivity contribution < 1.29 is 14.7 Å². The van der Waals surface area contributed by atoms with Crippen molar-refractivity contribution in [3.8, 4) is 0 Å². The van der Waals surface area contributed by atoms with Gasteiger partial charge in [-0.3, -0.25) is 10.1 Å². The number of nitrogens with zero attached hydrogens (tertiary/aromatic N) is 2. The Balaban J connectivity index is 1.60. The third kappa shape index (κ3) is 4.06. The van der Waals surface area contributed by atoms with Crippen LogP contribution in [0.25, 0.3) is 0 Å². The monoisotopic (exact) mass is 351 g/mol. The second kappa shape index (κ2) is 7.51. The molecule has 1 saturated carbocycles. The molecule has 1 aromatic heterocycles. The number of thiazole rings is 1. The van der Waals surface area contributed by atoms with E-state index in [-0.39, 0.29) is 18.5 Å². The molecule has 2 aliphatic rings. The summed E-state index contributed by atoms with van der Waals surface area (Å²) in [4.78, 5) is 30.9. The Bertz CT molecular complexity index is 598. The molecule has 2 fully saturated rings. The molecule has 1 saturated heterocycles. The maximum Gasteiger partial charge on any atom is 0.323 e. The van der Waals surface area contributed by atoms with Crippen LogP contribution < -0.4 is 5.32 Å². The van der Waals surface area contributed by atoms with Gasteiger partial charge in [-0.25, -0.2) is 9.78 Å². The van der Waals surface area contributed by atoms with Crippen molar-refractivity contribution in [2.75, 3.05) is 18.4 Å².